The van der Waals surface area contributed by atoms with Crippen LogP contribution in [-0.4, -0.2) is 46.8 Å². The molecule has 1 unspecified atom stereocenters. The maximum Gasteiger partial charge on any atom is 0.305 e. The molecule has 1 fully saturated rings. The fourth-order valence-corrected chi connectivity index (χ4v) is 2.69. The minimum Gasteiger partial charge on any atom is -0.481 e. The van der Waals surface area contributed by atoms with E-state index in [1.165, 1.54) is 0 Å². The quantitative estimate of drug-likeness (QED) is 0.930. The smallest absolute Gasteiger partial charge is 0.305 e. The van der Waals surface area contributed by atoms with E-state index in [0.29, 0.717) is 19.8 Å². The summed E-state index contributed by atoms with van der Waals surface area (Å²) in [5, 5.41) is 10.1. The van der Waals surface area contributed by atoms with Gasteiger partial charge in [0.2, 0.25) is 0 Å². The number of aromatic nitrogens is 1. The van der Waals surface area contributed by atoms with Crippen molar-refractivity contribution in [3.05, 3.63) is 42.1 Å². The van der Waals surface area contributed by atoms with Gasteiger partial charge in [-0.3, -0.25) is 14.7 Å². The molecule has 2 heterocycles. The second kappa shape index (κ2) is 6.20. The second-order valence-electron chi connectivity index (χ2n) is 5.29. The molecule has 0 saturated carbocycles. The van der Waals surface area contributed by atoms with Crippen LogP contribution in [0, 0.1) is 0 Å². The Morgan fingerprint density at radius 1 is 1.33 bits per heavy atom. The molecule has 5 heteroatoms. The van der Waals surface area contributed by atoms with Crippen molar-refractivity contribution in [2.75, 3.05) is 19.8 Å². The first-order valence-corrected chi connectivity index (χ1v) is 7.10. The third kappa shape index (κ3) is 3.37. The van der Waals surface area contributed by atoms with Crippen LogP contribution in [0.15, 0.2) is 36.4 Å². The zero-order valence-electron chi connectivity index (χ0n) is 11.7. The van der Waals surface area contributed by atoms with Crippen molar-refractivity contribution in [2.24, 2.45) is 0 Å². The van der Waals surface area contributed by atoms with Gasteiger partial charge in [-0.25, -0.2) is 0 Å². The molecular weight excluding hydrogens is 268 g/mol. The highest BCUT2D eigenvalue weighted by Gasteiger charge is 2.25. The van der Waals surface area contributed by atoms with Crippen LogP contribution in [0.4, 0.5) is 0 Å². The molecule has 21 heavy (non-hydrogen) atoms. The van der Waals surface area contributed by atoms with Gasteiger partial charge in [-0.2, -0.15) is 0 Å². The lowest BCUT2D eigenvalue weighted by Crippen LogP contribution is -2.46. The van der Waals surface area contributed by atoms with Gasteiger partial charge in [0.05, 0.1) is 30.8 Å². The number of morpholine rings is 1. The summed E-state index contributed by atoms with van der Waals surface area (Å²) in [6.45, 7) is 2.52. The molecule has 0 bridgehead atoms. The molecule has 0 radical (unpaired) electrons. The number of hydrogen-bond donors (Lipinski definition) is 1. The molecule has 2 aromatic rings. The molecule has 1 atom stereocenters. The molecule has 1 N–H and O–H groups in total. The summed E-state index contributed by atoms with van der Waals surface area (Å²) in [7, 11) is 0. The van der Waals surface area contributed by atoms with Crippen LogP contribution < -0.4 is 0 Å². The van der Waals surface area contributed by atoms with Crippen molar-refractivity contribution in [2.45, 2.75) is 19.0 Å². The highest BCUT2D eigenvalue weighted by atomic mass is 16.5. The van der Waals surface area contributed by atoms with Crippen LogP contribution in [0.3, 0.4) is 0 Å². The van der Waals surface area contributed by atoms with E-state index in [2.05, 4.69) is 16.0 Å². The summed E-state index contributed by atoms with van der Waals surface area (Å²) in [5.41, 5.74) is 1.93. The number of carboxylic acids is 1. The van der Waals surface area contributed by atoms with E-state index in [9.17, 15) is 4.79 Å². The number of hydrogen-bond acceptors (Lipinski definition) is 4. The lowest BCUT2D eigenvalue weighted by atomic mass is 10.1. The van der Waals surface area contributed by atoms with E-state index in [1.807, 2.05) is 30.3 Å². The first-order valence-electron chi connectivity index (χ1n) is 7.10. The number of carbonyl (C=O) groups is 1. The highest BCUT2D eigenvalue weighted by molar-refractivity contribution is 5.78. The van der Waals surface area contributed by atoms with Crippen LogP contribution in [0.1, 0.15) is 12.1 Å². The van der Waals surface area contributed by atoms with Crippen molar-refractivity contribution in [1.29, 1.82) is 0 Å². The minimum absolute atomic E-state index is 0.0791. The number of pyridine rings is 1. The molecule has 1 aliphatic rings. The van der Waals surface area contributed by atoms with Crippen LogP contribution in [0.2, 0.25) is 0 Å². The van der Waals surface area contributed by atoms with Crippen LogP contribution in [0.5, 0.6) is 0 Å². The van der Waals surface area contributed by atoms with Crippen molar-refractivity contribution < 1.29 is 14.6 Å². The molecule has 1 aliphatic heterocycles. The number of aliphatic carboxylic acids is 1. The van der Waals surface area contributed by atoms with E-state index in [1.54, 1.807) is 0 Å². The first kappa shape index (κ1) is 14.0. The van der Waals surface area contributed by atoms with Gasteiger partial charge < -0.3 is 9.84 Å². The monoisotopic (exact) mass is 286 g/mol. The summed E-state index contributed by atoms with van der Waals surface area (Å²) in [6, 6.07) is 12.0. The molecule has 1 saturated heterocycles. The Morgan fingerprint density at radius 3 is 3.05 bits per heavy atom. The van der Waals surface area contributed by atoms with Crippen molar-refractivity contribution >= 4 is 16.9 Å². The van der Waals surface area contributed by atoms with E-state index in [4.69, 9.17) is 9.84 Å². The number of nitrogens with zero attached hydrogens (tertiary/aromatic N) is 2. The molecule has 0 amide bonds. The molecule has 110 valence electrons. The van der Waals surface area contributed by atoms with Gasteiger partial charge in [0.25, 0.3) is 0 Å². The molecule has 0 spiro atoms. The average molecular weight is 286 g/mol. The second-order valence-corrected chi connectivity index (χ2v) is 5.29. The number of carboxylic acid groups (broad SMARTS) is 1. The van der Waals surface area contributed by atoms with Crippen molar-refractivity contribution in [3.8, 4) is 0 Å². The van der Waals surface area contributed by atoms with Gasteiger partial charge in [0, 0.05) is 24.5 Å². The standard InChI is InChI=1S/C16H18N2O3/c19-16(20)9-14-11-21-8-7-18(14)10-13-6-5-12-3-1-2-4-15(12)17-13/h1-6,14H,7-11H2,(H,19,20). The number of ether oxygens (including phenoxy) is 1. The number of fused-ring (bicyclic) bond motifs is 1. The Balaban J connectivity index is 1.77. The maximum atomic E-state index is 10.9. The number of benzene rings is 1. The zero-order chi connectivity index (χ0) is 14.7. The van der Waals surface area contributed by atoms with Gasteiger partial charge in [0.15, 0.2) is 0 Å². The number of para-hydroxylation sites is 1. The fourth-order valence-electron chi connectivity index (χ4n) is 2.69. The molecule has 3 rings (SSSR count). The molecule has 5 nitrogen and oxygen atoms in total. The van der Waals surface area contributed by atoms with Gasteiger partial charge in [-0.15, -0.1) is 0 Å². The van der Waals surface area contributed by atoms with E-state index >= 15 is 0 Å². The largest absolute Gasteiger partial charge is 0.481 e. The molecular formula is C16H18N2O3. The lowest BCUT2D eigenvalue weighted by Gasteiger charge is -2.34. The summed E-state index contributed by atoms with van der Waals surface area (Å²) < 4.78 is 5.40. The maximum absolute atomic E-state index is 10.9. The predicted octanol–water partition coefficient (Wildman–Crippen LogP) is 1.91. The average Bonchev–Trinajstić information content (AvgIpc) is 2.49. The lowest BCUT2D eigenvalue weighted by molar-refractivity contribution is -0.140. The third-order valence-corrected chi connectivity index (χ3v) is 3.78. The Labute approximate surface area is 123 Å². The first-order chi connectivity index (χ1) is 10.2. The van der Waals surface area contributed by atoms with Crippen LogP contribution in [-0.2, 0) is 16.1 Å². The Bertz CT molecular complexity index is 644. The van der Waals surface area contributed by atoms with E-state index in [0.717, 1.165) is 23.1 Å². The molecule has 0 aliphatic carbocycles. The SMILES string of the molecule is O=C(O)CC1COCCN1Cc1ccc2ccccc2n1. The topological polar surface area (TPSA) is 62.7 Å². The van der Waals surface area contributed by atoms with Crippen LogP contribution >= 0.6 is 0 Å². The van der Waals surface area contributed by atoms with Gasteiger partial charge in [-0.05, 0) is 12.1 Å². The van der Waals surface area contributed by atoms with Crippen molar-refractivity contribution in [1.82, 2.24) is 9.88 Å². The molecule has 1 aromatic heterocycles. The van der Waals surface area contributed by atoms with Gasteiger partial charge in [0.1, 0.15) is 0 Å². The normalized spacial score (nSPS) is 19.7. The molecule has 1 aromatic carbocycles. The van der Waals surface area contributed by atoms with E-state index in [-0.39, 0.29) is 12.5 Å². The summed E-state index contributed by atoms with van der Waals surface area (Å²) in [4.78, 5) is 17.7. The minimum atomic E-state index is -0.790. The summed E-state index contributed by atoms with van der Waals surface area (Å²) in [6.07, 6.45) is 0.105. The summed E-state index contributed by atoms with van der Waals surface area (Å²) >= 11 is 0. The summed E-state index contributed by atoms with van der Waals surface area (Å²) in [5.74, 6) is -0.790. The predicted molar refractivity (Wildman–Crippen MR) is 79.0 cm³/mol. The Morgan fingerprint density at radius 2 is 2.19 bits per heavy atom. The highest BCUT2D eigenvalue weighted by Crippen LogP contribution is 2.17. The van der Waals surface area contributed by atoms with E-state index < -0.39 is 5.97 Å². The van der Waals surface area contributed by atoms with Gasteiger partial charge in [-0.1, -0.05) is 24.3 Å². The Hall–Kier alpha value is -1.98. The Kier molecular flexibility index (Phi) is 4.13. The zero-order valence-corrected chi connectivity index (χ0v) is 11.7. The fraction of sp³-hybridized carbons (Fsp3) is 0.375. The van der Waals surface area contributed by atoms with Gasteiger partial charge >= 0.3 is 5.97 Å². The van der Waals surface area contributed by atoms with Crippen LogP contribution in [0.25, 0.3) is 10.9 Å². The third-order valence-electron chi connectivity index (χ3n) is 3.78. The number of rotatable bonds is 4. The van der Waals surface area contributed by atoms with Crippen molar-refractivity contribution in [3.63, 3.8) is 0 Å².